The van der Waals surface area contributed by atoms with Crippen LogP contribution in [0, 0.1) is 17.1 Å². The summed E-state index contributed by atoms with van der Waals surface area (Å²) >= 11 is 1.47. The second-order valence-electron chi connectivity index (χ2n) is 6.33. The molecule has 1 heterocycles. The minimum absolute atomic E-state index is 0.313. The van der Waals surface area contributed by atoms with Crippen molar-refractivity contribution in [2.45, 2.75) is 10.9 Å². The molecular weight excluding hydrogens is 385 g/mol. The molecule has 4 aromatic rings. The van der Waals surface area contributed by atoms with Gasteiger partial charge in [-0.15, -0.1) is 10.2 Å². The average Bonchev–Trinajstić information content (AvgIpc) is 3.13. The number of benzene rings is 3. The van der Waals surface area contributed by atoms with Crippen LogP contribution in [0.25, 0.3) is 22.5 Å². The second-order valence-corrected chi connectivity index (χ2v) is 7.27. The van der Waals surface area contributed by atoms with Crippen molar-refractivity contribution in [2.75, 3.05) is 5.84 Å². The van der Waals surface area contributed by atoms with Crippen LogP contribution in [0.15, 0.2) is 78.0 Å². The van der Waals surface area contributed by atoms with E-state index in [1.54, 1.807) is 12.1 Å². The van der Waals surface area contributed by atoms with E-state index in [0.717, 1.165) is 16.7 Å². The van der Waals surface area contributed by atoms with Crippen molar-refractivity contribution in [1.29, 1.82) is 5.26 Å². The summed E-state index contributed by atoms with van der Waals surface area (Å²) in [7, 11) is 0. The molecule has 1 aromatic heterocycles. The quantitative estimate of drug-likeness (QED) is 0.390. The molecule has 142 valence electrons. The van der Waals surface area contributed by atoms with Crippen LogP contribution in [0.2, 0.25) is 0 Å². The lowest BCUT2D eigenvalue weighted by Crippen LogP contribution is -2.11. The molecule has 7 heteroatoms. The number of nitrogen functional groups attached to an aromatic ring is 1. The first kappa shape index (κ1) is 18.7. The first-order valence-corrected chi connectivity index (χ1v) is 9.82. The van der Waals surface area contributed by atoms with E-state index in [4.69, 9.17) is 5.84 Å². The Kier molecular flexibility index (Phi) is 5.27. The van der Waals surface area contributed by atoms with E-state index in [1.165, 1.54) is 28.6 Å². The lowest BCUT2D eigenvalue weighted by Gasteiger charge is -2.06. The Bertz CT molecular complexity index is 1180. The summed E-state index contributed by atoms with van der Waals surface area (Å²) in [5.74, 6) is 6.95. The van der Waals surface area contributed by atoms with Crippen molar-refractivity contribution in [1.82, 2.24) is 14.9 Å². The number of nitrogens with two attached hydrogens (primary N) is 1. The molecule has 3 aromatic carbocycles. The highest BCUT2D eigenvalue weighted by Crippen LogP contribution is 2.27. The van der Waals surface area contributed by atoms with E-state index >= 15 is 0 Å². The maximum absolute atomic E-state index is 13.1. The van der Waals surface area contributed by atoms with Crippen LogP contribution in [-0.4, -0.2) is 14.9 Å². The van der Waals surface area contributed by atoms with Crippen LogP contribution >= 0.6 is 11.8 Å². The summed E-state index contributed by atoms with van der Waals surface area (Å²) < 4.78 is 14.5. The molecule has 0 aliphatic heterocycles. The molecule has 0 aliphatic rings. The molecule has 0 unspecified atom stereocenters. The average molecular weight is 401 g/mol. The Hall–Kier alpha value is -3.63. The van der Waals surface area contributed by atoms with E-state index in [-0.39, 0.29) is 5.82 Å². The zero-order chi connectivity index (χ0) is 20.2. The van der Waals surface area contributed by atoms with Crippen molar-refractivity contribution < 1.29 is 4.39 Å². The number of halogens is 1. The first-order chi connectivity index (χ1) is 14.2. The third kappa shape index (κ3) is 3.98. The lowest BCUT2D eigenvalue weighted by molar-refractivity contribution is 0.628. The minimum atomic E-state index is -0.313. The van der Waals surface area contributed by atoms with Crippen LogP contribution in [0.3, 0.4) is 0 Å². The van der Waals surface area contributed by atoms with Crippen molar-refractivity contribution in [3.63, 3.8) is 0 Å². The summed E-state index contributed by atoms with van der Waals surface area (Å²) in [6, 6.07) is 23.8. The van der Waals surface area contributed by atoms with Gasteiger partial charge in [-0.25, -0.2) is 9.07 Å². The lowest BCUT2D eigenvalue weighted by atomic mass is 10.00. The van der Waals surface area contributed by atoms with Gasteiger partial charge in [-0.05, 0) is 47.0 Å². The predicted molar refractivity (Wildman–Crippen MR) is 112 cm³/mol. The molecule has 5 nitrogen and oxygen atoms in total. The standard InChI is InChI=1S/C22H16FN5S/c23-19-11-9-17(10-12-19)21-26-27-22(28(21)25)29-14-15-5-7-16(8-6-15)20-4-2-1-3-18(20)13-24/h1-12H,14,25H2. The maximum Gasteiger partial charge on any atom is 0.210 e. The molecule has 2 N–H and O–H groups in total. The van der Waals surface area contributed by atoms with Gasteiger partial charge in [-0.1, -0.05) is 54.2 Å². The summed E-state index contributed by atoms with van der Waals surface area (Å²) in [5.41, 5.74) is 4.36. The van der Waals surface area contributed by atoms with Gasteiger partial charge in [0.05, 0.1) is 11.6 Å². The fourth-order valence-corrected chi connectivity index (χ4v) is 3.74. The molecule has 0 amide bonds. The molecule has 29 heavy (non-hydrogen) atoms. The number of aromatic nitrogens is 3. The Morgan fingerprint density at radius 1 is 0.931 bits per heavy atom. The largest absolute Gasteiger partial charge is 0.335 e. The van der Waals surface area contributed by atoms with Crippen LogP contribution in [0.4, 0.5) is 4.39 Å². The van der Waals surface area contributed by atoms with Gasteiger partial charge in [0.15, 0.2) is 5.82 Å². The Balaban J connectivity index is 1.47. The molecular formula is C22H16FN5S. The number of hydrogen-bond acceptors (Lipinski definition) is 5. The van der Waals surface area contributed by atoms with Gasteiger partial charge < -0.3 is 5.84 Å². The molecule has 0 fully saturated rings. The van der Waals surface area contributed by atoms with Crippen molar-refractivity contribution in [3.05, 3.63) is 89.7 Å². The Morgan fingerprint density at radius 2 is 1.62 bits per heavy atom. The van der Waals surface area contributed by atoms with Gasteiger partial charge in [0.2, 0.25) is 5.16 Å². The summed E-state index contributed by atoms with van der Waals surface area (Å²) in [5, 5.41) is 18.1. The fraction of sp³-hybridized carbons (Fsp3) is 0.0455. The Labute approximate surface area is 171 Å². The van der Waals surface area contributed by atoms with Gasteiger partial charge >= 0.3 is 0 Å². The Morgan fingerprint density at radius 3 is 2.34 bits per heavy atom. The molecule has 4 rings (SSSR count). The van der Waals surface area contributed by atoms with Gasteiger partial charge in [0.1, 0.15) is 5.82 Å². The van der Waals surface area contributed by atoms with Crippen molar-refractivity contribution in [3.8, 4) is 28.6 Å². The minimum Gasteiger partial charge on any atom is -0.335 e. The van der Waals surface area contributed by atoms with E-state index in [1.807, 2.05) is 48.5 Å². The molecule has 0 radical (unpaired) electrons. The number of nitriles is 1. The maximum atomic E-state index is 13.1. The summed E-state index contributed by atoms with van der Waals surface area (Å²) in [6.07, 6.45) is 0. The van der Waals surface area contributed by atoms with Crippen LogP contribution in [0.5, 0.6) is 0 Å². The topological polar surface area (TPSA) is 80.5 Å². The zero-order valence-corrected chi connectivity index (χ0v) is 16.1. The van der Waals surface area contributed by atoms with Gasteiger partial charge in [0, 0.05) is 11.3 Å². The van der Waals surface area contributed by atoms with Gasteiger partial charge in [-0.3, -0.25) is 0 Å². The van der Waals surface area contributed by atoms with Crippen molar-refractivity contribution >= 4 is 11.8 Å². The van der Waals surface area contributed by atoms with E-state index in [2.05, 4.69) is 16.3 Å². The SMILES string of the molecule is N#Cc1ccccc1-c1ccc(CSc2nnc(-c3ccc(F)cc3)n2N)cc1. The van der Waals surface area contributed by atoms with Crippen LogP contribution < -0.4 is 5.84 Å². The number of thioether (sulfide) groups is 1. The van der Waals surface area contributed by atoms with Gasteiger partial charge in [-0.2, -0.15) is 5.26 Å². The van der Waals surface area contributed by atoms with Gasteiger partial charge in [0.25, 0.3) is 0 Å². The molecule has 0 atom stereocenters. The van der Waals surface area contributed by atoms with Crippen LogP contribution in [0.1, 0.15) is 11.1 Å². The predicted octanol–water partition coefficient (Wildman–Crippen LogP) is 4.63. The second kappa shape index (κ2) is 8.17. The molecule has 0 saturated carbocycles. The van der Waals surface area contributed by atoms with Crippen molar-refractivity contribution in [2.24, 2.45) is 0 Å². The highest BCUT2D eigenvalue weighted by atomic mass is 32.2. The molecule has 0 aliphatic carbocycles. The van der Waals surface area contributed by atoms with Crippen LogP contribution in [-0.2, 0) is 5.75 Å². The number of nitrogens with zero attached hydrogens (tertiary/aromatic N) is 4. The highest BCUT2D eigenvalue weighted by molar-refractivity contribution is 7.98. The van der Waals surface area contributed by atoms with E-state index < -0.39 is 0 Å². The third-order valence-electron chi connectivity index (χ3n) is 4.45. The van der Waals surface area contributed by atoms with E-state index in [0.29, 0.717) is 27.9 Å². The molecule has 0 bridgehead atoms. The third-order valence-corrected chi connectivity index (χ3v) is 5.46. The zero-order valence-electron chi connectivity index (χ0n) is 15.3. The van der Waals surface area contributed by atoms with E-state index in [9.17, 15) is 9.65 Å². The number of hydrogen-bond donors (Lipinski definition) is 1. The number of rotatable bonds is 5. The fourth-order valence-electron chi connectivity index (χ4n) is 2.93. The highest BCUT2D eigenvalue weighted by Gasteiger charge is 2.12. The first-order valence-electron chi connectivity index (χ1n) is 8.83. The molecule has 0 saturated heterocycles. The smallest absolute Gasteiger partial charge is 0.210 e. The molecule has 0 spiro atoms. The monoisotopic (exact) mass is 401 g/mol. The summed E-state index contributed by atoms with van der Waals surface area (Å²) in [6.45, 7) is 0. The normalized spacial score (nSPS) is 10.6. The summed E-state index contributed by atoms with van der Waals surface area (Å²) in [4.78, 5) is 0.